The molecule has 116 valence electrons. The third-order valence-electron chi connectivity index (χ3n) is 2.82. The zero-order chi connectivity index (χ0) is 16.0. The van der Waals surface area contributed by atoms with Crippen molar-refractivity contribution in [3.8, 4) is 0 Å². The number of hydrogen-bond donors (Lipinski definition) is 4. The third-order valence-corrected chi connectivity index (χ3v) is 2.82. The number of carbonyl (C=O) groups excluding carboxylic acids is 2. The van der Waals surface area contributed by atoms with Crippen LogP contribution in [0.15, 0.2) is 12.1 Å². The average molecular weight is 293 g/mol. The van der Waals surface area contributed by atoms with Crippen LogP contribution in [-0.4, -0.2) is 37.1 Å². The number of primary amides is 1. The van der Waals surface area contributed by atoms with Gasteiger partial charge in [0.2, 0.25) is 0 Å². The quantitative estimate of drug-likeness (QED) is 0.602. The predicted octanol–water partition coefficient (Wildman–Crippen LogP) is 0.819. The smallest absolute Gasteiger partial charge is 0.312 e. The molecule has 0 bridgehead atoms. The first kappa shape index (κ1) is 16.7. The predicted molar refractivity (Wildman–Crippen MR) is 82.4 cm³/mol. The van der Waals surface area contributed by atoms with Crippen LogP contribution >= 0.6 is 0 Å². The number of nitrogens with one attached hydrogen (secondary N) is 3. The van der Waals surface area contributed by atoms with Gasteiger partial charge in [0.25, 0.3) is 5.91 Å². The van der Waals surface area contributed by atoms with E-state index < -0.39 is 6.03 Å². The van der Waals surface area contributed by atoms with Crippen LogP contribution in [0.5, 0.6) is 0 Å². The lowest BCUT2D eigenvalue weighted by Gasteiger charge is -2.19. The zero-order valence-electron chi connectivity index (χ0n) is 12.9. The molecule has 0 aliphatic heterocycles. The van der Waals surface area contributed by atoms with E-state index in [1.165, 1.54) is 0 Å². The summed E-state index contributed by atoms with van der Waals surface area (Å²) in [4.78, 5) is 27.1. The van der Waals surface area contributed by atoms with Crippen molar-refractivity contribution in [2.75, 3.05) is 25.5 Å². The van der Waals surface area contributed by atoms with Gasteiger partial charge < -0.3 is 21.7 Å². The number of anilines is 1. The van der Waals surface area contributed by atoms with Crippen molar-refractivity contribution in [3.05, 3.63) is 23.4 Å². The number of aromatic nitrogens is 1. The molecule has 7 heteroatoms. The van der Waals surface area contributed by atoms with E-state index >= 15 is 0 Å². The Bertz CT molecular complexity index is 523. The van der Waals surface area contributed by atoms with Gasteiger partial charge in [-0.3, -0.25) is 4.79 Å². The number of pyridine rings is 1. The Morgan fingerprint density at radius 2 is 1.81 bits per heavy atom. The molecule has 1 aromatic heterocycles. The van der Waals surface area contributed by atoms with Crippen LogP contribution in [0, 0.1) is 0 Å². The molecule has 0 fully saturated rings. The molecule has 0 spiro atoms. The molecule has 3 amide bonds. The number of rotatable bonds is 5. The minimum absolute atomic E-state index is 0.157. The zero-order valence-corrected chi connectivity index (χ0v) is 12.9. The summed E-state index contributed by atoms with van der Waals surface area (Å²) >= 11 is 0. The Morgan fingerprint density at radius 1 is 1.19 bits per heavy atom. The summed E-state index contributed by atoms with van der Waals surface area (Å²) < 4.78 is 0. The summed E-state index contributed by atoms with van der Waals surface area (Å²) in [5, 5.41) is 8.08. The Kier molecular flexibility index (Phi) is 5.52. The minimum atomic E-state index is -0.611. The second-order valence-corrected chi connectivity index (χ2v) is 5.67. The van der Waals surface area contributed by atoms with Crippen molar-refractivity contribution in [3.63, 3.8) is 0 Å². The minimum Gasteiger partial charge on any atom is -0.373 e. The highest BCUT2D eigenvalue weighted by Gasteiger charge is 2.19. The second-order valence-electron chi connectivity index (χ2n) is 5.67. The van der Waals surface area contributed by atoms with Crippen LogP contribution in [0.1, 0.15) is 36.8 Å². The SMILES string of the molecule is CNc1cc(C(=O)NCCNC(N)=O)cc(C(C)(C)C)n1. The summed E-state index contributed by atoms with van der Waals surface area (Å²) in [6.07, 6.45) is 0. The molecular formula is C14H23N5O2. The number of nitrogens with two attached hydrogens (primary N) is 1. The van der Waals surface area contributed by atoms with Crippen molar-refractivity contribution in [2.45, 2.75) is 26.2 Å². The maximum Gasteiger partial charge on any atom is 0.312 e. The lowest BCUT2D eigenvalue weighted by molar-refractivity contribution is 0.0953. The van der Waals surface area contributed by atoms with Crippen molar-refractivity contribution in [2.24, 2.45) is 5.73 Å². The standard InChI is InChI=1S/C14H23N5O2/c1-14(2,3)10-7-9(8-11(16-4)19-10)12(20)17-5-6-18-13(15)21/h7-8H,5-6H2,1-4H3,(H,16,19)(H,17,20)(H3,15,18,21). The van der Waals surface area contributed by atoms with E-state index in [4.69, 9.17) is 5.73 Å². The van der Waals surface area contributed by atoms with Gasteiger partial charge in [-0.15, -0.1) is 0 Å². The largest absolute Gasteiger partial charge is 0.373 e. The maximum absolute atomic E-state index is 12.1. The Labute approximate surface area is 124 Å². The molecule has 5 N–H and O–H groups in total. The molecule has 0 aromatic carbocycles. The first-order valence-electron chi connectivity index (χ1n) is 6.76. The van der Waals surface area contributed by atoms with Crippen molar-refractivity contribution >= 4 is 17.8 Å². The van der Waals surface area contributed by atoms with Crippen molar-refractivity contribution < 1.29 is 9.59 Å². The van der Waals surface area contributed by atoms with E-state index in [1.807, 2.05) is 20.8 Å². The number of amides is 3. The topological polar surface area (TPSA) is 109 Å². The van der Waals surface area contributed by atoms with E-state index in [1.54, 1.807) is 19.2 Å². The fraction of sp³-hybridized carbons (Fsp3) is 0.500. The highest BCUT2D eigenvalue weighted by atomic mass is 16.2. The Morgan fingerprint density at radius 3 is 2.33 bits per heavy atom. The highest BCUT2D eigenvalue weighted by molar-refractivity contribution is 5.95. The summed E-state index contributed by atoms with van der Waals surface area (Å²) in [6.45, 7) is 6.70. The summed E-state index contributed by atoms with van der Waals surface area (Å²) in [5.41, 5.74) is 6.14. The van der Waals surface area contributed by atoms with Crippen molar-refractivity contribution in [1.82, 2.24) is 15.6 Å². The third kappa shape index (κ3) is 5.29. The molecule has 0 unspecified atom stereocenters. The molecule has 0 saturated carbocycles. The van der Waals surface area contributed by atoms with Gasteiger partial charge in [0.05, 0.1) is 0 Å². The molecule has 1 heterocycles. The van der Waals surface area contributed by atoms with Gasteiger partial charge in [0.15, 0.2) is 0 Å². The molecule has 1 aromatic rings. The molecule has 7 nitrogen and oxygen atoms in total. The van der Waals surface area contributed by atoms with Crippen LogP contribution in [0.2, 0.25) is 0 Å². The fourth-order valence-corrected chi connectivity index (χ4v) is 1.64. The number of nitrogens with zero attached hydrogens (tertiary/aromatic N) is 1. The molecular weight excluding hydrogens is 270 g/mol. The lowest BCUT2D eigenvalue weighted by atomic mass is 9.90. The summed E-state index contributed by atoms with van der Waals surface area (Å²) in [7, 11) is 1.76. The molecule has 0 radical (unpaired) electrons. The molecule has 1 rings (SSSR count). The Hall–Kier alpha value is -2.31. The molecule has 21 heavy (non-hydrogen) atoms. The van der Waals surface area contributed by atoms with Crippen LogP contribution in [0.3, 0.4) is 0 Å². The van der Waals surface area contributed by atoms with Crippen LogP contribution < -0.4 is 21.7 Å². The molecule has 0 aliphatic carbocycles. The average Bonchev–Trinajstić information content (AvgIpc) is 2.41. The number of hydrogen-bond acceptors (Lipinski definition) is 4. The van der Waals surface area contributed by atoms with Gasteiger partial charge in [-0.2, -0.15) is 0 Å². The van der Waals surface area contributed by atoms with Gasteiger partial charge in [0.1, 0.15) is 5.82 Å². The first-order chi connectivity index (χ1) is 9.74. The van der Waals surface area contributed by atoms with Crippen LogP contribution in [-0.2, 0) is 5.41 Å². The number of carbonyl (C=O) groups is 2. The van der Waals surface area contributed by atoms with Gasteiger partial charge in [-0.1, -0.05) is 20.8 Å². The molecule has 0 aliphatic rings. The fourth-order valence-electron chi connectivity index (χ4n) is 1.64. The summed E-state index contributed by atoms with van der Waals surface area (Å²) in [6, 6.07) is 2.85. The van der Waals surface area contributed by atoms with Gasteiger partial charge in [-0.05, 0) is 12.1 Å². The summed E-state index contributed by atoms with van der Waals surface area (Å²) in [5.74, 6) is 0.425. The van der Waals surface area contributed by atoms with Crippen LogP contribution in [0.4, 0.5) is 10.6 Å². The van der Waals surface area contributed by atoms with Gasteiger partial charge >= 0.3 is 6.03 Å². The van der Waals surface area contributed by atoms with E-state index in [2.05, 4.69) is 20.9 Å². The highest BCUT2D eigenvalue weighted by Crippen LogP contribution is 2.23. The van der Waals surface area contributed by atoms with Crippen LogP contribution in [0.25, 0.3) is 0 Å². The van der Waals surface area contributed by atoms with E-state index in [0.29, 0.717) is 17.9 Å². The Balaban J connectivity index is 2.81. The van der Waals surface area contributed by atoms with E-state index in [9.17, 15) is 9.59 Å². The molecule has 0 atom stereocenters. The number of urea groups is 1. The van der Waals surface area contributed by atoms with E-state index in [0.717, 1.165) is 5.69 Å². The normalized spacial score (nSPS) is 10.9. The molecule has 0 saturated heterocycles. The first-order valence-corrected chi connectivity index (χ1v) is 6.76. The van der Waals surface area contributed by atoms with Gasteiger partial charge in [-0.25, -0.2) is 9.78 Å². The second kappa shape index (κ2) is 6.92. The monoisotopic (exact) mass is 293 g/mol. The van der Waals surface area contributed by atoms with E-state index in [-0.39, 0.29) is 17.9 Å². The lowest BCUT2D eigenvalue weighted by Crippen LogP contribution is -2.37. The maximum atomic E-state index is 12.1. The van der Waals surface area contributed by atoms with Gasteiger partial charge in [0, 0.05) is 36.8 Å². The van der Waals surface area contributed by atoms with Crippen molar-refractivity contribution in [1.29, 1.82) is 0 Å².